The van der Waals surface area contributed by atoms with Gasteiger partial charge in [-0.05, 0) is 43.4 Å². The number of rotatable bonds is 3. The molecule has 2 heterocycles. The summed E-state index contributed by atoms with van der Waals surface area (Å²) in [6, 6.07) is 3.63. The third-order valence-electron chi connectivity index (χ3n) is 7.33. The van der Waals surface area contributed by atoms with Crippen LogP contribution >= 0.6 is 0 Å². The van der Waals surface area contributed by atoms with Gasteiger partial charge in [0.25, 0.3) is 0 Å². The van der Waals surface area contributed by atoms with Gasteiger partial charge in [0.2, 0.25) is 11.8 Å². The van der Waals surface area contributed by atoms with E-state index < -0.39 is 17.2 Å². The van der Waals surface area contributed by atoms with Crippen LogP contribution in [0.4, 0.5) is 13.2 Å². The van der Waals surface area contributed by atoms with Crippen LogP contribution in [0.2, 0.25) is 0 Å². The van der Waals surface area contributed by atoms with Crippen molar-refractivity contribution < 1.29 is 27.5 Å². The molecule has 176 valence electrons. The van der Waals surface area contributed by atoms with Crippen molar-refractivity contribution in [1.82, 2.24) is 15.1 Å². The first-order valence-corrected chi connectivity index (χ1v) is 11.2. The molecule has 6 nitrogen and oxygen atoms in total. The molecule has 2 amide bonds. The molecule has 2 fully saturated rings. The van der Waals surface area contributed by atoms with Gasteiger partial charge < -0.3 is 15.0 Å². The average molecular weight is 454 g/mol. The lowest BCUT2D eigenvalue weighted by Crippen LogP contribution is -2.49. The molecular weight excluding hydrogens is 423 g/mol. The molecule has 0 aromatic heterocycles. The Hall–Kier alpha value is -2.29. The van der Waals surface area contributed by atoms with Gasteiger partial charge >= 0.3 is 6.18 Å². The minimum atomic E-state index is -4.44. The fraction of sp³-hybridized carbons (Fsp3) is 0.652. The van der Waals surface area contributed by atoms with E-state index in [0.29, 0.717) is 37.2 Å². The zero-order valence-corrected chi connectivity index (χ0v) is 18.5. The third kappa shape index (κ3) is 4.31. The summed E-state index contributed by atoms with van der Waals surface area (Å²) >= 11 is 0. The molecule has 2 atom stereocenters. The fourth-order valence-corrected chi connectivity index (χ4v) is 5.34. The molecule has 1 saturated carbocycles. The highest BCUT2D eigenvalue weighted by molar-refractivity contribution is 5.83. The maximum absolute atomic E-state index is 13.7. The predicted molar refractivity (Wildman–Crippen MR) is 112 cm³/mol. The molecule has 9 heteroatoms. The standard InChI is InChI=1S/C23H30F3N3O3/c1-15(2)22(7-5-18(12-22)28-9-6-20(30)27-8-10-28)21(31)29-13-16-11-17(23(24,25)26)3-4-19(16)32-14-29/h3-4,11,15,18H,5-10,12-14H2,1-2H3,(H,27,30)/t18-,22+/m1/s1. The Bertz CT molecular complexity index is 889. The first-order valence-electron chi connectivity index (χ1n) is 11.2. The van der Waals surface area contributed by atoms with E-state index in [2.05, 4.69) is 10.2 Å². The molecule has 0 spiro atoms. The number of amides is 2. The van der Waals surface area contributed by atoms with Crippen LogP contribution in [0, 0.1) is 11.3 Å². The van der Waals surface area contributed by atoms with Gasteiger partial charge in [-0.2, -0.15) is 13.2 Å². The van der Waals surface area contributed by atoms with Crippen molar-refractivity contribution in [3.8, 4) is 5.75 Å². The Balaban J connectivity index is 1.51. The average Bonchev–Trinajstić information content (AvgIpc) is 3.10. The number of carbonyl (C=O) groups is 2. The van der Waals surface area contributed by atoms with E-state index in [0.717, 1.165) is 31.5 Å². The summed E-state index contributed by atoms with van der Waals surface area (Å²) in [5, 5.41) is 2.89. The number of hydrogen-bond acceptors (Lipinski definition) is 4. The van der Waals surface area contributed by atoms with Crippen LogP contribution in [-0.2, 0) is 22.3 Å². The van der Waals surface area contributed by atoms with Gasteiger partial charge in [0, 0.05) is 37.7 Å². The first kappa shape index (κ1) is 22.9. The highest BCUT2D eigenvalue weighted by Gasteiger charge is 2.51. The fourth-order valence-electron chi connectivity index (χ4n) is 5.34. The zero-order chi connectivity index (χ0) is 23.1. The SMILES string of the molecule is CC(C)[C@]1(C(=O)N2COc3ccc(C(F)(F)F)cc3C2)CC[C@@H](N2CCNC(=O)CC2)C1. The summed E-state index contributed by atoms with van der Waals surface area (Å²) in [7, 11) is 0. The largest absolute Gasteiger partial charge is 0.473 e. The summed E-state index contributed by atoms with van der Waals surface area (Å²) in [5.74, 6) is 0.474. The smallest absolute Gasteiger partial charge is 0.416 e. The lowest BCUT2D eigenvalue weighted by atomic mass is 9.74. The molecule has 1 N–H and O–H groups in total. The van der Waals surface area contributed by atoms with E-state index in [-0.39, 0.29) is 37.0 Å². The Kier molecular flexibility index (Phi) is 6.13. The van der Waals surface area contributed by atoms with Gasteiger partial charge in [0.15, 0.2) is 6.73 Å². The van der Waals surface area contributed by atoms with Crippen LogP contribution in [0.3, 0.4) is 0 Å². The Labute approximate surface area is 186 Å². The number of hydrogen-bond donors (Lipinski definition) is 1. The Morgan fingerprint density at radius 3 is 2.78 bits per heavy atom. The second-order valence-corrected chi connectivity index (χ2v) is 9.44. The highest BCUT2D eigenvalue weighted by Crippen LogP contribution is 2.48. The number of fused-ring (bicyclic) bond motifs is 1. The summed E-state index contributed by atoms with van der Waals surface area (Å²) in [6.07, 6.45) is -1.72. The molecule has 4 rings (SSSR count). The molecule has 0 unspecified atom stereocenters. The number of nitrogens with zero attached hydrogens (tertiary/aromatic N) is 2. The summed E-state index contributed by atoms with van der Waals surface area (Å²) in [5.41, 5.74) is -0.945. The van der Waals surface area contributed by atoms with Crippen LogP contribution in [0.5, 0.6) is 5.75 Å². The molecule has 3 aliphatic rings. The quantitative estimate of drug-likeness (QED) is 0.762. The first-order chi connectivity index (χ1) is 15.1. The molecule has 0 bridgehead atoms. The normalized spacial score (nSPS) is 27.0. The van der Waals surface area contributed by atoms with Crippen molar-refractivity contribution >= 4 is 11.8 Å². The summed E-state index contributed by atoms with van der Waals surface area (Å²) in [4.78, 5) is 29.3. The van der Waals surface area contributed by atoms with E-state index in [1.165, 1.54) is 6.07 Å². The molecule has 1 aliphatic carbocycles. The number of alkyl halides is 3. The molecule has 1 saturated heterocycles. The molecule has 1 aromatic carbocycles. The van der Waals surface area contributed by atoms with Gasteiger partial charge in [-0.3, -0.25) is 14.5 Å². The minimum Gasteiger partial charge on any atom is -0.473 e. The van der Waals surface area contributed by atoms with Gasteiger partial charge in [-0.1, -0.05) is 13.8 Å². The molecule has 2 aliphatic heterocycles. The maximum atomic E-state index is 13.7. The lowest BCUT2D eigenvalue weighted by Gasteiger charge is -2.40. The number of nitrogens with one attached hydrogen (secondary N) is 1. The van der Waals surface area contributed by atoms with Crippen LogP contribution in [0.25, 0.3) is 0 Å². The van der Waals surface area contributed by atoms with Crippen molar-refractivity contribution in [3.05, 3.63) is 29.3 Å². The second kappa shape index (κ2) is 8.57. The van der Waals surface area contributed by atoms with E-state index in [4.69, 9.17) is 4.74 Å². The topological polar surface area (TPSA) is 61.9 Å². The van der Waals surface area contributed by atoms with Crippen LogP contribution < -0.4 is 10.1 Å². The Morgan fingerprint density at radius 1 is 1.28 bits per heavy atom. The second-order valence-electron chi connectivity index (χ2n) is 9.44. The minimum absolute atomic E-state index is 0.0401. The number of benzene rings is 1. The number of ether oxygens (including phenoxy) is 1. The zero-order valence-electron chi connectivity index (χ0n) is 18.5. The van der Waals surface area contributed by atoms with Crippen molar-refractivity contribution in [3.63, 3.8) is 0 Å². The number of carbonyl (C=O) groups excluding carboxylic acids is 2. The van der Waals surface area contributed by atoms with Crippen molar-refractivity contribution in [2.45, 2.75) is 58.3 Å². The van der Waals surface area contributed by atoms with Crippen LogP contribution in [0.1, 0.15) is 50.7 Å². The molecule has 1 aromatic rings. The van der Waals surface area contributed by atoms with Gasteiger partial charge in [-0.15, -0.1) is 0 Å². The van der Waals surface area contributed by atoms with Crippen molar-refractivity contribution in [1.29, 1.82) is 0 Å². The van der Waals surface area contributed by atoms with Gasteiger partial charge in [-0.25, -0.2) is 0 Å². The van der Waals surface area contributed by atoms with Crippen LogP contribution in [0.15, 0.2) is 18.2 Å². The summed E-state index contributed by atoms with van der Waals surface area (Å²) < 4.78 is 45.1. The lowest BCUT2D eigenvalue weighted by molar-refractivity contribution is -0.150. The maximum Gasteiger partial charge on any atom is 0.416 e. The van der Waals surface area contributed by atoms with Crippen molar-refractivity contribution in [2.24, 2.45) is 11.3 Å². The summed E-state index contributed by atoms with van der Waals surface area (Å²) in [6.45, 7) is 6.27. The van der Waals surface area contributed by atoms with E-state index >= 15 is 0 Å². The predicted octanol–water partition coefficient (Wildman–Crippen LogP) is 3.40. The highest BCUT2D eigenvalue weighted by atomic mass is 19.4. The van der Waals surface area contributed by atoms with Crippen LogP contribution in [-0.4, -0.2) is 54.0 Å². The molecule has 0 radical (unpaired) electrons. The van der Waals surface area contributed by atoms with E-state index in [9.17, 15) is 22.8 Å². The van der Waals surface area contributed by atoms with E-state index in [1.807, 2.05) is 13.8 Å². The van der Waals surface area contributed by atoms with Gasteiger partial charge in [0.05, 0.1) is 17.5 Å². The Morgan fingerprint density at radius 2 is 2.06 bits per heavy atom. The van der Waals surface area contributed by atoms with Crippen molar-refractivity contribution in [2.75, 3.05) is 26.4 Å². The van der Waals surface area contributed by atoms with E-state index in [1.54, 1.807) is 4.90 Å². The molecular formula is C23H30F3N3O3. The van der Waals surface area contributed by atoms with Gasteiger partial charge in [0.1, 0.15) is 5.75 Å². The third-order valence-corrected chi connectivity index (χ3v) is 7.33. The number of halogens is 3. The monoisotopic (exact) mass is 453 g/mol. The molecule has 32 heavy (non-hydrogen) atoms.